The topological polar surface area (TPSA) is 92.3 Å². The van der Waals surface area contributed by atoms with E-state index in [9.17, 15) is 21.2 Å². The van der Waals surface area contributed by atoms with Gasteiger partial charge in [0.2, 0.25) is 0 Å². The van der Waals surface area contributed by atoms with E-state index in [0.717, 1.165) is 29.8 Å². The summed E-state index contributed by atoms with van der Waals surface area (Å²) in [6.45, 7) is 4.01. The first-order valence-electron chi connectivity index (χ1n) is 9.09. The summed E-state index contributed by atoms with van der Waals surface area (Å²) < 4.78 is 68.6. The van der Waals surface area contributed by atoms with Gasteiger partial charge in [0.05, 0.1) is 21.2 Å². The first-order valence-corrected chi connectivity index (χ1v) is 12.1. The van der Waals surface area contributed by atoms with E-state index in [1.807, 2.05) is 13.8 Å². The SMILES string of the molecule is CC(C)c1ccc(S(=O)(=O)Nc2ccccc2NS(=O)(=O)c2ccc(F)cc2)cc1. The maximum absolute atomic E-state index is 13.1. The lowest BCUT2D eigenvalue weighted by Crippen LogP contribution is -2.17. The van der Waals surface area contributed by atoms with Crippen molar-refractivity contribution in [2.24, 2.45) is 0 Å². The van der Waals surface area contributed by atoms with Crippen molar-refractivity contribution in [2.75, 3.05) is 9.44 Å². The molecule has 0 saturated heterocycles. The molecule has 0 bridgehead atoms. The Kier molecular flexibility index (Phi) is 6.14. The zero-order chi connectivity index (χ0) is 21.9. The Balaban J connectivity index is 1.88. The Hall–Kier alpha value is -2.91. The second kappa shape index (κ2) is 8.45. The van der Waals surface area contributed by atoms with Crippen molar-refractivity contribution in [3.05, 3.63) is 84.2 Å². The van der Waals surface area contributed by atoms with E-state index >= 15 is 0 Å². The summed E-state index contributed by atoms with van der Waals surface area (Å²) in [5, 5.41) is 0. The van der Waals surface area contributed by atoms with Crippen molar-refractivity contribution in [2.45, 2.75) is 29.6 Å². The predicted octanol–water partition coefficient (Wildman–Crippen LogP) is 4.55. The molecule has 0 aliphatic heterocycles. The minimum Gasteiger partial charge on any atom is -0.277 e. The van der Waals surface area contributed by atoms with Crippen LogP contribution >= 0.6 is 0 Å². The number of nitrogens with one attached hydrogen (secondary N) is 2. The van der Waals surface area contributed by atoms with Crippen LogP contribution in [0.1, 0.15) is 25.3 Å². The molecule has 0 amide bonds. The molecule has 0 aromatic heterocycles. The lowest BCUT2D eigenvalue weighted by atomic mass is 10.0. The third kappa shape index (κ3) is 4.98. The van der Waals surface area contributed by atoms with Crippen LogP contribution in [0.4, 0.5) is 15.8 Å². The summed E-state index contributed by atoms with van der Waals surface area (Å²) in [6.07, 6.45) is 0. The zero-order valence-corrected chi connectivity index (χ0v) is 18.0. The van der Waals surface area contributed by atoms with Crippen LogP contribution in [0, 0.1) is 5.82 Å². The fourth-order valence-corrected chi connectivity index (χ4v) is 4.87. The molecule has 0 saturated carbocycles. The Morgan fingerprint density at radius 2 is 1.07 bits per heavy atom. The third-order valence-corrected chi connectivity index (χ3v) is 7.16. The Bertz CT molecular complexity index is 1240. The Labute approximate surface area is 175 Å². The highest BCUT2D eigenvalue weighted by Crippen LogP contribution is 2.27. The van der Waals surface area contributed by atoms with Crippen LogP contribution in [0.2, 0.25) is 0 Å². The maximum atomic E-state index is 13.1. The van der Waals surface area contributed by atoms with Crippen LogP contribution < -0.4 is 9.44 Å². The second-order valence-corrected chi connectivity index (χ2v) is 10.3. The fourth-order valence-electron chi connectivity index (χ4n) is 2.71. The minimum atomic E-state index is -4.04. The number of halogens is 1. The smallest absolute Gasteiger partial charge is 0.261 e. The molecule has 3 aromatic rings. The highest BCUT2D eigenvalue weighted by Gasteiger charge is 2.20. The molecule has 3 rings (SSSR count). The normalized spacial score (nSPS) is 12.0. The van der Waals surface area contributed by atoms with Crippen LogP contribution in [0.25, 0.3) is 0 Å². The third-order valence-electron chi connectivity index (χ3n) is 4.40. The van der Waals surface area contributed by atoms with Crippen LogP contribution in [-0.2, 0) is 20.0 Å². The molecule has 0 aliphatic carbocycles. The van der Waals surface area contributed by atoms with E-state index < -0.39 is 25.9 Å². The monoisotopic (exact) mass is 448 g/mol. The molecule has 3 aromatic carbocycles. The molecule has 0 unspecified atom stereocenters. The van der Waals surface area contributed by atoms with Crippen molar-refractivity contribution < 1.29 is 21.2 Å². The van der Waals surface area contributed by atoms with Gasteiger partial charge in [0.1, 0.15) is 5.82 Å². The number of hydrogen-bond acceptors (Lipinski definition) is 4. The fraction of sp³-hybridized carbons (Fsp3) is 0.143. The lowest BCUT2D eigenvalue weighted by Gasteiger charge is -2.15. The van der Waals surface area contributed by atoms with E-state index in [1.54, 1.807) is 24.3 Å². The standard InChI is InChI=1S/C21H21FN2O4S2/c1-15(2)16-7-11-18(12-8-16)29(25,26)23-20-5-3-4-6-21(20)24-30(27,28)19-13-9-17(22)10-14-19/h3-15,23-24H,1-2H3. The molecule has 9 heteroatoms. The number of anilines is 2. The molecule has 0 heterocycles. The summed E-state index contributed by atoms with van der Waals surface area (Å²) in [5.41, 5.74) is 1.11. The summed E-state index contributed by atoms with van der Waals surface area (Å²) in [4.78, 5) is -0.0890. The molecule has 0 spiro atoms. The van der Waals surface area contributed by atoms with Crippen LogP contribution in [0.5, 0.6) is 0 Å². The average molecular weight is 449 g/mol. The van der Waals surface area contributed by atoms with Gasteiger partial charge in [-0.1, -0.05) is 38.1 Å². The van der Waals surface area contributed by atoms with Gasteiger partial charge in [-0.15, -0.1) is 0 Å². The summed E-state index contributed by atoms with van der Waals surface area (Å²) in [6, 6.07) is 16.8. The first kappa shape index (κ1) is 21.8. The van der Waals surface area contributed by atoms with Gasteiger partial charge in [-0.25, -0.2) is 21.2 Å². The molecular formula is C21H21FN2O4S2. The highest BCUT2D eigenvalue weighted by molar-refractivity contribution is 7.93. The van der Waals surface area contributed by atoms with Crippen LogP contribution in [-0.4, -0.2) is 16.8 Å². The average Bonchev–Trinajstić information content (AvgIpc) is 2.69. The van der Waals surface area contributed by atoms with Crippen LogP contribution in [0.3, 0.4) is 0 Å². The molecule has 0 aliphatic rings. The summed E-state index contributed by atoms with van der Waals surface area (Å²) >= 11 is 0. The maximum Gasteiger partial charge on any atom is 0.261 e. The van der Waals surface area contributed by atoms with Gasteiger partial charge >= 0.3 is 0 Å². The van der Waals surface area contributed by atoms with Crippen molar-refractivity contribution in [1.82, 2.24) is 0 Å². The Morgan fingerprint density at radius 3 is 1.47 bits per heavy atom. The number of rotatable bonds is 7. The van der Waals surface area contributed by atoms with Gasteiger partial charge < -0.3 is 0 Å². The second-order valence-electron chi connectivity index (χ2n) is 6.93. The largest absolute Gasteiger partial charge is 0.277 e. The van der Waals surface area contributed by atoms with E-state index in [1.165, 1.54) is 24.3 Å². The van der Waals surface area contributed by atoms with Crippen LogP contribution in [0.15, 0.2) is 82.6 Å². The number of benzene rings is 3. The van der Waals surface area contributed by atoms with Crippen molar-refractivity contribution in [1.29, 1.82) is 0 Å². The minimum absolute atomic E-state index is 0.0456. The summed E-state index contributed by atoms with van der Waals surface area (Å²) in [7, 11) is -7.98. The van der Waals surface area contributed by atoms with Gasteiger partial charge in [0, 0.05) is 0 Å². The lowest BCUT2D eigenvalue weighted by molar-refractivity contribution is 0.598. The van der Waals surface area contributed by atoms with Crippen molar-refractivity contribution in [3.63, 3.8) is 0 Å². The van der Waals surface area contributed by atoms with Gasteiger partial charge in [-0.3, -0.25) is 9.44 Å². The number of sulfonamides is 2. The molecule has 6 nitrogen and oxygen atoms in total. The van der Waals surface area contributed by atoms with Gasteiger partial charge in [-0.2, -0.15) is 0 Å². The quantitative estimate of drug-likeness (QED) is 0.555. The molecule has 0 radical (unpaired) electrons. The van der Waals surface area contributed by atoms with Crippen molar-refractivity contribution >= 4 is 31.4 Å². The summed E-state index contributed by atoms with van der Waals surface area (Å²) in [5.74, 6) is -0.304. The molecule has 30 heavy (non-hydrogen) atoms. The number of para-hydroxylation sites is 2. The van der Waals surface area contributed by atoms with Gasteiger partial charge in [0.25, 0.3) is 20.0 Å². The highest BCUT2D eigenvalue weighted by atomic mass is 32.2. The molecule has 2 N–H and O–H groups in total. The first-order chi connectivity index (χ1) is 14.1. The van der Waals surface area contributed by atoms with Gasteiger partial charge in [0.15, 0.2) is 0 Å². The van der Waals surface area contributed by atoms with E-state index in [0.29, 0.717) is 0 Å². The van der Waals surface area contributed by atoms with E-state index in [-0.39, 0.29) is 27.1 Å². The molecular weight excluding hydrogens is 427 g/mol. The van der Waals surface area contributed by atoms with E-state index in [2.05, 4.69) is 9.44 Å². The predicted molar refractivity (Wildman–Crippen MR) is 115 cm³/mol. The molecule has 0 fully saturated rings. The zero-order valence-electron chi connectivity index (χ0n) is 16.3. The molecule has 0 atom stereocenters. The van der Waals surface area contributed by atoms with E-state index in [4.69, 9.17) is 0 Å². The van der Waals surface area contributed by atoms with Crippen molar-refractivity contribution in [3.8, 4) is 0 Å². The van der Waals surface area contributed by atoms with Gasteiger partial charge in [-0.05, 0) is 60.0 Å². The number of hydrogen-bond donors (Lipinski definition) is 2. The Morgan fingerprint density at radius 1 is 0.667 bits per heavy atom. The molecule has 158 valence electrons.